The topological polar surface area (TPSA) is 56.5 Å². The zero-order chi connectivity index (χ0) is 15.7. The smallest absolute Gasteiger partial charge is 0.497 e. The second-order valence-corrected chi connectivity index (χ2v) is 3.81. The van der Waals surface area contributed by atoms with Gasteiger partial charge in [-0.3, -0.25) is 18.2 Å². The van der Waals surface area contributed by atoms with Crippen LogP contribution >= 0.6 is 0 Å². The number of furan rings is 1. The minimum absolute atomic E-state index is 0.195. The quantitative estimate of drug-likeness (QED) is 0.482. The molecule has 0 N–H and O–H groups in total. The first-order valence-electron chi connectivity index (χ1n) is 5.88. The molecule has 1 aromatic heterocycles. The highest BCUT2D eigenvalue weighted by Gasteiger charge is 2.15. The van der Waals surface area contributed by atoms with Crippen LogP contribution in [0.15, 0.2) is 47.1 Å². The van der Waals surface area contributed by atoms with E-state index in [2.05, 4.69) is 0 Å². The summed E-state index contributed by atoms with van der Waals surface area (Å²) in [6.45, 7) is 0. The summed E-state index contributed by atoms with van der Waals surface area (Å²) in [5.74, 6) is 0.320. The summed E-state index contributed by atoms with van der Waals surface area (Å²) in [6.07, 6.45) is 1.21. The molecule has 109 valence electrons. The van der Waals surface area contributed by atoms with Gasteiger partial charge in [0.25, 0.3) is 0 Å². The summed E-state index contributed by atoms with van der Waals surface area (Å²) in [7, 11) is 0.553. The van der Waals surface area contributed by atoms with E-state index in [-0.39, 0.29) is 23.7 Å². The number of carbonyl (C=O) groups excluding carboxylic acids is 2. The Morgan fingerprint density at radius 1 is 1.14 bits per heavy atom. The van der Waals surface area contributed by atoms with Gasteiger partial charge in [0, 0.05) is 5.56 Å². The van der Waals surface area contributed by atoms with Crippen LogP contribution in [0, 0.1) is 0 Å². The van der Waals surface area contributed by atoms with E-state index in [1.165, 1.54) is 6.26 Å². The van der Waals surface area contributed by atoms with Gasteiger partial charge in [0.05, 0.1) is 19.8 Å². The highest BCUT2D eigenvalue weighted by molar-refractivity contribution is 6.15. The number of hydrogen-bond donors (Lipinski definition) is 0. The van der Waals surface area contributed by atoms with Crippen LogP contribution < -0.4 is 4.74 Å². The number of methoxy groups -OCH3 is 1. The molecule has 2 rings (SSSR count). The van der Waals surface area contributed by atoms with Crippen molar-refractivity contribution in [3.63, 3.8) is 0 Å². The van der Waals surface area contributed by atoms with E-state index < -0.39 is 7.83 Å². The number of Topliss-reactive ketones (excluding diaryl/α,β-unsaturated/α-hetero) is 2. The number of benzene rings is 1. The monoisotopic (exact) mass is 293 g/mol. The molecular weight excluding hydrogens is 281 g/mol. The van der Waals surface area contributed by atoms with E-state index in [1.54, 1.807) is 43.5 Å². The van der Waals surface area contributed by atoms with E-state index in [1.807, 2.05) is 0 Å². The molecule has 7 heteroatoms. The maximum Gasteiger partial charge on any atom is 0.577 e. The first kappa shape index (κ1) is 16.6. The molecule has 0 unspecified atom stereocenters. The van der Waals surface area contributed by atoms with Crippen LogP contribution in [-0.4, -0.2) is 26.5 Å². The molecule has 0 atom stereocenters. The minimum Gasteiger partial charge on any atom is -0.497 e. The number of ether oxygens (including phenoxy) is 1. The van der Waals surface area contributed by atoms with Crippen molar-refractivity contribution in [3.8, 4) is 5.75 Å². The van der Waals surface area contributed by atoms with E-state index >= 15 is 0 Å². The molecule has 2 aromatic rings. The SMILES string of the molecule is COc1ccc(C(=O)CC(=O)c2ccco2)cc1.F[B]F. The molecule has 0 fully saturated rings. The second kappa shape index (κ2) is 8.68. The van der Waals surface area contributed by atoms with Crippen LogP contribution in [0.3, 0.4) is 0 Å². The zero-order valence-corrected chi connectivity index (χ0v) is 11.2. The fourth-order valence-electron chi connectivity index (χ4n) is 1.55. The molecule has 1 heterocycles. The molecule has 1 radical (unpaired) electrons. The predicted octanol–water partition coefficient (Wildman–Crippen LogP) is 3.20. The Hall–Kier alpha value is -2.44. The second-order valence-electron chi connectivity index (χ2n) is 3.81. The maximum atomic E-state index is 11.8. The van der Waals surface area contributed by atoms with Crippen LogP contribution in [0.2, 0.25) is 0 Å². The molecule has 0 bridgehead atoms. The van der Waals surface area contributed by atoms with Gasteiger partial charge in [0.2, 0.25) is 5.78 Å². The molecule has 0 saturated carbocycles. The van der Waals surface area contributed by atoms with Crippen LogP contribution in [0.4, 0.5) is 8.63 Å². The maximum absolute atomic E-state index is 11.8. The van der Waals surface area contributed by atoms with E-state index in [4.69, 9.17) is 9.15 Å². The van der Waals surface area contributed by atoms with Gasteiger partial charge in [-0.05, 0) is 36.4 Å². The highest BCUT2D eigenvalue weighted by atomic mass is 19.2. The molecule has 21 heavy (non-hydrogen) atoms. The molecule has 0 aliphatic heterocycles. The van der Waals surface area contributed by atoms with E-state index in [0.717, 1.165) is 0 Å². The minimum atomic E-state index is -1.00. The molecule has 0 aliphatic rings. The van der Waals surface area contributed by atoms with Gasteiger partial charge < -0.3 is 9.15 Å². The van der Waals surface area contributed by atoms with Crippen LogP contribution in [0.5, 0.6) is 5.75 Å². The lowest BCUT2D eigenvalue weighted by molar-refractivity contribution is 0.0878. The fourth-order valence-corrected chi connectivity index (χ4v) is 1.55. The van der Waals surface area contributed by atoms with Gasteiger partial charge in [0.1, 0.15) is 5.75 Å². The first-order valence-corrected chi connectivity index (χ1v) is 5.88. The molecule has 0 amide bonds. The van der Waals surface area contributed by atoms with Crippen molar-refractivity contribution in [2.45, 2.75) is 6.42 Å². The van der Waals surface area contributed by atoms with Crippen LogP contribution in [0.1, 0.15) is 27.3 Å². The Labute approximate surface area is 121 Å². The largest absolute Gasteiger partial charge is 0.577 e. The van der Waals surface area contributed by atoms with Gasteiger partial charge in [-0.15, -0.1) is 0 Å². The Morgan fingerprint density at radius 3 is 2.24 bits per heavy atom. The zero-order valence-electron chi connectivity index (χ0n) is 11.2. The van der Waals surface area contributed by atoms with E-state index in [9.17, 15) is 18.2 Å². The summed E-state index contributed by atoms with van der Waals surface area (Å²) in [4.78, 5) is 23.5. The molecule has 4 nitrogen and oxygen atoms in total. The lowest BCUT2D eigenvalue weighted by atomic mass is 10.1. The van der Waals surface area contributed by atoms with Crippen LogP contribution in [0.25, 0.3) is 0 Å². The average Bonchev–Trinajstić information content (AvgIpc) is 3.02. The van der Waals surface area contributed by atoms with Gasteiger partial charge >= 0.3 is 7.83 Å². The van der Waals surface area contributed by atoms with Gasteiger partial charge in [-0.2, -0.15) is 0 Å². The van der Waals surface area contributed by atoms with Crippen molar-refractivity contribution in [1.82, 2.24) is 0 Å². The lowest BCUT2D eigenvalue weighted by Crippen LogP contribution is -2.07. The van der Waals surface area contributed by atoms with Gasteiger partial charge in [0.15, 0.2) is 11.5 Å². The van der Waals surface area contributed by atoms with Crippen molar-refractivity contribution in [3.05, 3.63) is 54.0 Å². The Bertz CT molecular complexity index is 567. The molecule has 0 saturated heterocycles. The third-order valence-electron chi connectivity index (χ3n) is 2.53. The molecule has 0 aliphatic carbocycles. The summed E-state index contributed by atoms with van der Waals surface area (Å²) in [5.41, 5.74) is 0.482. The lowest BCUT2D eigenvalue weighted by Gasteiger charge is -2.02. The highest BCUT2D eigenvalue weighted by Crippen LogP contribution is 2.14. The van der Waals surface area contributed by atoms with Crippen molar-refractivity contribution in [2.75, 3.05) is 7.11 Å². The predicted molar refractivity (Wildman–Crippen MR) is 73.0 cm³/mol. The summed E-state index contributed by atoms with van der Waals surface area (Å²) < 4.78 is 28.9. The van der Waals surface area contributed by atoms with Crippen molar-refractivity contribution < 1.29 is 27.4 Å². The standard InChI is InChI=1S/C14H12O4.BF2/c1-17-11-6-4-10(5-7-11)12(15)9-13(16)14-3-2-8-18-14;2-1-3/h2-8H,9H2,1H3;. The molecule has 1 aromatic carbocycles. The third-order valence-corrected chi connectivity index (χ3v) is 2.53. The summed E-state index contributed by atoms with van der Waals surface area (Å²) in [6, 6.07) is 9.80. The molecular formula is C14H12BF2O4. The average molecular weight is 293 g/mol. The van der Waals surface area contributed by atoms with Crippen molar-refractivity contribution in [1.29, 1.82) is 0 Å². The normalized spacial score (nSPS) is 9.29. The molecule has 0 spiro atoms. The van der Waals surface area contributed by atoms with Gasteiger partial charge in [-0.25, -0.2) is 0 Å². The van der Waals surface area contributed by atoms with Crippen molar-refractivity contribution >= 4 is 19.4 Å². The fraction of sp³-hybridized carbons (Fsp3) is 0.143. The number of halogens is 2. The Kier molecular flexibility index (Phi) is 6.87. The van der Waals surface area contributed by atoms with Gasteiger partial charge in [-0.1, -0.05) is 0 Å². The Morgan fingerprint density at radius 2 is 1.76 bits per heavy atom. The van der Waals surface area contributed by atoms with Crippen molar-refractivity contribution in [2.24, 2.45) is 0 Å². The summed E-state index contributed by atoms with van der Waals surface area (Å²) in [5, 5.41) is 0. The van der Waals surface area contributed by atoms with Crippen LogP contribution in [-0.2, 0) is 0 Å². The van der Waals surface area contributed by atoms with E-state index in [0.29, 0.717) is 11.3 Å². The Balaban J connectivity index is 0.000000677. The number of rotatable bonds is 5. The number of hydrogen-bond acceptors (Lipinski definition) is 4. The first-order chi connectivity index (χ1) is 10.1. The number of carbonyl (C=O) groups is 2. The third kappa shape index (κ3) is 5.22. The number of ketones is 2. The summed E-state index contributed by atoms with van der Waals surface area (Å²) >= 11 is 0.